The highest BCUT2D eigenvalue weighted by molar-refractivity contribution is 5.64. The second kappa shape index (κ2) is 5.25. The molecule has 0 amide bonds. The first-order chi connectivity index (χ1) is 10.5. The van der Waals surface area contributed by atoms with Crippen molar-refractivity contribution in [1.29, 1.82) is 0 Å². The molecule has 3 aromatic heterocycles. The maximum atomic E-state index is 13.0. The van der Waals surface area contributed by atoms with E-state index in [0.717, 1.165) is 21.9 Å². The van der Waals surface area contributed by atoms with Crippen LogP contribution in [0.25, 0.3) is 16.9 Å². The summed E-state index contributed by atoms with van der Waals surface area (Å²) in [5, 5.41) is 4.00. The van der Waals surface area contributed by atoms with Crippen LogP contribution in [0.3, 0.4) is 0 Å². The van der Waals surface area contributed by atoms with E-state index in [4.69, 9.17) is 0 Å². The van der Waals surface area contributed by atoms with Crippen LogP contribution >= 0.6 is 0 Å². The van der Waals surface area contributed by atoms with Gasteiger partial charge < -0.3 is 0 Å². The lowest BCUT2D eigenvalue weighted by atomic mass is 10.1. The smallest absolute Gasteiger partial charge is 0.264 e. The van der Waals surface area contributed by atoms with E-state index in [1.807, 2.05) is 13.0 Å². The third kappa shape index (κ3) is 2.57. The molecular formula is C15H11F3N4. The third-order valence-corrected chi connectivity index (χ3v) is 3.24. The van der Waals surface area contributed by atoms with Crippen LogP contribution in [0, 0.1) is 6.92 Å². The fourth-order valence-electron chi connectivity index (χ4n) is 2.14. The zero-order valence-electron chi connectivity index (χ0n) is 11.5. The van der Waals surface area contributed by atoms with E-state index in [0.29, 0.717) is 5.56 Å². The Balaban J connectivity index is 2.08. The molecule has 0 aliphatic heterocycles. The van der Waals surface area contributed by atoms with Crippen molar-refractivity contribution in [2.45, 2.75) is 13.1 Å². The Morgan fingerprint density at radius 3 is 2.64 bits per heavy atom. The molecule has 0 aliphatic carbocycles. The minimum Gasteiger partial charge on any atom is -0.264 e. The summed E-state index contributed by atoms with van der Waals surface area (Å²) in [7, 11) is 0. The predicted octanol–water partition coefficient (Wildman–Crippen LogP) is 3.66. The van der Waals surface area contributed by atoms with Gasteiger partial charge in [0.2, 0.25) is 0 Å². The molecule has 4 nitrogen and oxygen atoms in total. The number of pyridine rings is 2. The number of alkyl halides is 3. The predicted molar refractivity (Wildman–Crippen MR) is 74.3 cm³/mol. The molecule has 0 atom stereocenters. The molecule has 0 aromatic carbocycles. The second-order valence-corrected chi connectivity index (χ2v) is 4.74. The fourth-order valence-corrected chi connectivity index (χ4v) is 2.14. The standard InChI is InChI=1S/C15H11F3N4/c1-10-4-6-19-8-12(10)11-7-21-22(9-11)14-13(15(16,17)18)3-2-5-20-14/h2-9H,1H3. The van der Waals surface area contributed by atoms with E-state index in [2.05, 4.69) is 15.1 Å². The maximum Gasteiger partial charge on any atom is 0.420 e. The highest BCUT2D eigenvalue weighted by Crippen LogP contribution is 2.33. The summed E-state index contributed by atoms with van der Waals surface area (Å²) in [6.45, 7) is 1.90. The lowest BCUT2D eigenvalue weighted by Gasteiger charge is -2.10. The molecule has 0 spiro atoms. The summed E-state index contributed by atoms with van der Waals surface area (Å²) in [6, 6.07) is 4.07. The minimum absolute atomic E-state index is 0.247. The van der Waals surface area contributed by atoms with Gasteiger partial charge >= 0.3 is 6.18 Å². The number of aryl methyl sites for hydroxylation is 1. The van der Waals surface area contributed by atoms with Gasteiger partial charge in [-0.15, -0.1) is 0 Å². The molecular weight excluding hydrogens is 293 g/mol. The summed E-state index contributed by atoms with van der Waals surface area (Å²) in [5.74, 6) is -0.247. The first-order valence-electron chi connectivity index (χ1n) is 6.45. The summed E-state index contributed by atoms with van der Waals surface area (Å²) in [5.41, 5.74) is 1.64. The molecule has 0 bridgehead atoms. The highest BCUT2D eigenvalue weighted by atomic mass is 19.4. The number of hydrogen-bond acceptors (Lipinski definition) is 3. The van der Waals surface area contributed by atoms with Crippen LogP contribution in [-0.4, -0.2) is 19.7 Å². The number of nitrogens with zero attached hydrogens (tertiary/aromatic N) is 4. The van der Waals surface area contributed by atoms with Crippen LogP contribution in [-0.2, 0) is 6.18 Å². The van der Waals surface area contributed by atoms with E-state index in [1.54, 1.807) is 12.4 Å². The second-order valence-electron chi connectivity index (χ2n) is 4.74. The molecule has 22 heavy (non-hydrogen) atoms. The van der Waals surface area contributed by atoms with Crippen LogP contribution < -0.4 is 0 Å². The van der Waals surface area contributed by atoms with Gasteiger partial charge in [0, 0.05) is 35.9 Å². The van der Waals surface area contributed by atoms with Crippen molar-refractivity contribution < 1.29 is 13.2 Å². The average Bonchev–Trinajstić information content (AvgIpc) is 2.96. The molecule has 3 heterocycles. The molecule has 0 aliphatic rings. The van der Waals surface area contributed by atoms with E-state index in [-0.39, 0.29) is 5.82 Å². The molecule has 0 saturated carbocycles. The van der Waals surface area contributed by atoms with Gasteiger partial charge in [0.1, 0.15) is 5.56 Å². The van der Waals surface area contributed by atoms with Crippen LogP contribution in [0.1, 0.15) is 11.1 Å². The van der Waals surface area contributed by atoms with Crippen molar-refractivity contribution in [3.05, 3.63) is 60.3 Å². The fraction of sp³-hybridized carbons (Fsp3) is 0.133. The summed E-state index contributed by atoms with van der Waals surface area (Å²) in [6.07, 6.45) is 3.14. The molecule has 0 N–H and O–H groups in total. The lowest BCUT2D eigenvalue weighted by molar-refractivity contribution is -0.137. The van der Waals surface area contributed by atoms with Crippen LogP contribution in [0.4, 0.5) is 13.2 Å². The average molecular weight is 304 g/mol. The monoisotopic (exact) mass is 304 g/mol. The Bertz CT molecular complexity index is 808. The van der Waals surface area contributed by atoms with Gasteiger partial charge in [0.25, 0.3) is 0 Å². The van der Waals surface area contributed by atoms with Crippen LogP contribution in [0.2, 0.25) is 0 Å². The number of aromatic nitrogens is 4. The van der Waals surface area contributed by atoms with Gasteiger partial charge in [-0.25, -0.2) is 9.67 Å². The van der Waals surface area contributed by atoms with Gasteiger partial charge in [-0.2, -0.15) is 18.3 Å². The van der Waals surface area contributed by atoms with Gasteiger partial charge in [-0.05, 0) is 30.7 Å². The highest BCUT2D eigenvalue weighted by Gasteiger charge is 2.34. The molecule has 112 valence electrons. The Hall–Kier alpha value is -2.70. The number of hydrogen-bond donors (Lipinski definition) is 0. The van der Waals surface area contributed by atoms with Crippen molar-refractivity contribution in [1.82, 2.24) is 19.7 Å². The molecule has 0 unspecified atom stereocenters. The SMILES string of the molecule is Cc1ccncc1-c1cnn(-c2ncccc2C(F)(F)F)c1. The molecule has 3 rings (SSSR count). The zero-order chi connectivity index (χ0) is 15.7. The van der Waals surface area contributed by atoms with Gasteiger partial charge in [-0.3, -0.25) is 4.98 Å². The van der Waals surface area contributed by atoms with Gasteiger partial charge in [0.15, 0.2) is 5.82 Å². The molecule has 0 radical (unpaired) electrons. The molecule has 0 fully saturated rings. The molecule has 3 aromatic rings. The van der Waals surface area contributed by atoms with Crippen molar-refractivity contribution >= 4 is 0 Å². The zero-order valence-corrected chi connectivity index (χ0v) is 11.5. The minimum atomic E-state index is -4.49. The summed E-state index contributed by atoms with van der Waals surface area (Å²) >= 11 is 0. The maximum absolute atomic E-state index is 13.0. The van der Waals surface area contributed by atoms with Gasteiger partial charge in [0.05, 0.1) is 6.20 Å². The quantitative estimate of drug-likeness (QED) is 0.725. The van der Waals surface area contributed by atoms with E-state index in [1.165, 1.54) is 24.7 Å². The van der Waals surface area contributed by atoms with Crippen molar-refractivity contribution in [3.8, 4) is 16.9 Å². The summed E-state index contributed by atoms with van der Waals surface area (Å²) < 4.78 is 40.2. The molecule has 7 heteroatoms. The van der Waals surface area contributed by atoms with Crippen molar-refractivity contribution in [2.75, 3.05) is 0 Å². The third-order valence-electron chi connectivity index (χ3n) is 3.24. The van der Waals surface area contributed by atoms with Crippen LogP contribution in [0.15, 0.2) is 49.2 Å². The van der Waals surface area contributed by atoms with Crippen molar-refractivity contribution in [2.24, 2.45) is 0 Å². The molecule has 0 saturated heterocycles. The first-order valence-corrected chi connectivity index (χ1v) is 6.45. The normalized spacial score (nSPS) is 11.6. The number of halogens is 3. The Morgan fingerprint density at radius 1 is 1.09 bits per heavy atom. The summed E-state index contributed by atoms with van der Waals surface area (Å²) in [4.78, 5) is 7.84. The Morgan fingerprint density at radius 2 is 1.91 bits per heavy atom. The largest absolute Gasteiger partial charge is 0.420 e. The Kier molecular flexibility index (Phi) is 3.40. The van der Waals surface area contributed by atoms with E-state index < -0.39 is 11.7 Å². The first kappa shape index (κ1) is 14.2. The lowest BCUT2D eigenvalue weighted by Crippen LogP contribution is -2.12. The van der Waals surface area contributed by atoms with Crippen molar-refractivity contribution in [3.63, 3.8) is 0 Å². The Labute approximate surface area is 124 Å². The van der Waals surface area contributed by atoms with Gasteiger partial charge in [-0.1, -0.05) is 0 Å². The topological polar surface area (TPSA) is 43.6 Å². The van der Waals surface area contributed by atoms with E-state index >= 15 is 0 Å². The number of rotatable bonds is 2. The van der Waals surface area contributed by atoms with Crippen LogP contribution in [0.5, 0.6) is 0 Å². The van der Waals surface area contributed by atoms with E-state index in [9.17, 15) is 13.2 Å².